The lowest BCUT2D eigenvalue weighted by Gasteiger charge is -2.16. The average Bonchev–Trinajstić information content (AvgIpc) is 1.61. The second-order valence-electron chi connectivity index (χ2n) is 30.5. The molecule has 20 N–H and O–H groups in total. The molecule has 15 rings (SSSR count). The van der Waals surface area contributed by atoms with Crippen molar-refractivity contribution in [2.24, 2.45) is 20.6 Å². The summed E-state index contributed by atoms with van der Waals surface area (Å²) in [4.78, 5) is 22.2. The van der Waals surface area contributed by atoms with Crippen molar-refractivity contribution >= 4 is 22.8 Å². The minimum atomic E-state index is -0.413. The van der Waals surface area contributed by atoms with Crippen molar-refractivity contribution in [1.82, 2.24) is 5.16 Å². The summed E-state index contributed by atoms with van der Waals surface area (Å²) in [7, 11) is 10.2. The molecule has 0 spiro atoms. The molecule has 4 unspecified atom stereocenters. The molecule has 37 heteroatoms. The number of ether oxygens (including phenoxy) is 7. The van der Waals surface area contributed by atoms with E-state index in [-0.39, 0.29) is 163 Å². The fourth-order valence-electron chi connectivity index (χ4n) is 15.6. The maximum absolute atomic E-state index is 10.1. The number of oxime groups is 4. The number of hydrogen-bond donors (Lipinski definition) is 20. The molecule has 10 aromatic carbocycles. The standard InChI is InChI=1S/2C20H23NO7.2C19H21NO6.C19H19NO6/c1-26-18-5-11(6-19(27-2)20(18)25)16-7-17(28-21-16)12-3-13(8-22)15(10-24)14(4-12)9-23;1-26-18-5-12(6-19(27-2)20(18)25)17-7-16(21-28-17)11-3-13(8-22)15(10-24)14(4-11)9-23;1-25-18-3-2-11(6-17(18)24)19-7-16(20-26-19)12-4-13(8-21)15(10-23)14(5-12)9-22;2*1-25-18-3-2-11(6-17(18)24)16-7-19(26-20-16)12-4-13(8-21)15(10-23)14(5-12)9-22/h2*3-6,17,22-25H,7-10H2,1-2H3;2*2-6,19,21-24H,7-10H2,1H3;2-7,21-24H,8-10H2,1H3. The van der Waals surface area contributed by atoms with Crippen LogP contribution in [0, 0.1) is 0 Å². The molecule has 11 aromatic rings. The highest BCUT2D eigenvalue weighted by atomic mass is 16.7. The van der Waals surface area contributed by atoms with E-state index in [2.05, 4.69) is 25.8 Å². The highest BCUT2D eigenvalue weighted by Gasteiger charge is 2.33. The molecule has 5 heterocycles. The molecular weight excluding hydrogens is 1750 g/mol. The predicted octanol–water partition coefficient (Wildman–Crippen LogP) is 9.19. The van der Waals surface area contributed by atoms with E-state index in [9.17, 15) is 102 Å². The van der Waals surface area contributed by atoms with Gasteiger partial charge < -0.3 is 159 Å². The molecule has 4 aliphatic heterocycles. The largest absolute Gasteiger partial charge is 0.504 e. The van der Waals surface area contributed by atoms with Gasteiger partial charge in [0.25, 0.3) is 0 Å². The molecule has 0 bridgehead atoms. The maximum Gasteiger partial charge on any atom is 0.200 e. The maximum atomic E-state index is 10.1. The number of aliphatic hydroxyl groups is 15. The third kappa shape index (κ3) is 22.9. The van der Waals surface area contributed by atoms with Gasteiger partial charge in [-0.25, -0.2) is 0 Å². The minimum Gasteiger partial charge on any atom is -0.504 e. The first-order valence-electron chi connectivity index (χ1n) is 41.7. The summed E-state index contributed by atoms with van der Waals surface area (Å²) in [6.45, 7) is -3.93. The van der Waals surface area contributed by atoms with Crippen molar-refractivity contribution in [3.63, 3.8) is 0 Å². The van der Waals surface area contributed by atoms with Gasteiger partial charge in [0.15, 0.2) is 87.7 Å². The third-order valence-electron chi connectivity index (χ3n) is 22.8. The van der Waals surface area contributed by atoms with Gasteiger partial charge in [-0.05, 0) is 234 Å². The number of phenols is 5. The van der Waals surface area contributed by atoms with Gasteiger partial charge in [0, 0.05) is 70.7 Å². The number of hydrogen-bond acceptors (Lipinski definition) is 37. The molecule has 0 saturated heterocycles. The molecule has 4 atom stereocenters. The lowest BCUT2D eigenvalue weighted by Crippen LogP contribution is -2.07. The summed E-state index contributed by atoms with van der Waals surface area (Å²) in [5.41, 5.74) is 18.1. The lowest BCUT2D eigenvalue weighted by atomic mass is 9.93. The van der Waals surface area contributed by atoms with E-state index >= 15 is 0 Å². The van der Waals surface area contributed by atoms with Crippen LogP contribution in [0.5, 0.6) is 69.0 Å². The van der Waals surface area contributed by atoms with Gasteiger partial charge in [0.2, 0.25) is 11.5 Å². The van der Waals surface area contributed by atoms with Gasteiger partial charge in [0.1, 0.15) is 5.69 Å². The Morgan fingerprint density at radius 3 is 0.799 bits per heavy atom. The molecule has 712 valence electrons. The van der Waals surface area contributed by atoms with Crippen LogP contribution in [-0.4, -0.2) is 180 Å². The molecule has 1 aromatic heterocycles. The van der Waals surface area contributed by atoms with E-state index in [0.717, 1.165) is 33.4 Å². The fourth-order valence-corrected chi connectivity index (χ4v) is 15.6. The number of methoxy groups -OCH3 is 7. The second-order valence-corrected chi connectivity index (χ2v) is 30.5. The van der Waals surface area contributed by atoms with E-state index in [0.29, 0.717) is 183 Å². The Hall–Kier alpha value is -13.7. The van der Waals surface area contributed by atoms with Crippen molar-refractivity contribution in [3.8, 4) is 91.6 Å². The third-order valence-corrected chi connectivity index (χ3v) is 22.8. The molecule has 0 saturated carbocycles. The van der Waals surface area contributed by atoms with Crippen molar-refractivity contribution < 1.29 is 159 Å². The smallest absolute Gasteiger partial charge is 0.200 e. The summed E-state index contributed by atoms with van der Waals surface area (Å²) in [6, 6.07) is 40.5. The van der Waals surface area contributed by atoms with Crippen LogP contribution in [0.2, 0.25) is 0 Å². The first-order chi connectivity index (χ1) is 64.9. The number of rotatable bonds is 32. The summed E-state index contributed by atoms with van der Waals surface area (Å²) < 4.78 is 41.2. The van der Waals surface area contributed by atoms with Crippen molar-refractivity contribution in [2.75, 3.05) is 49.8 Å². The molecular formula is C97H107N5O32. The predicted molar refractivity (Wildman–Crippen MR) is 482 cm³/mol. The number of benzene rings is 10. The molecule has 0 amide bonds. The zero-order valence-corrected chi connectivity index (χ0v) is 74.2. The van der Waals surface area contributed by atoms with Crippen LogP contribution in [0.3, 0.4) is 0 Å². The summed E-state index contributed by atoms with van der Waals surface area (Å²) >= 11 is 0. The zero-order valence-electron chi connectivity index (χ0n) is 74.2. The van der Waals surface area contributed by atoms with Crippen LogP contribution in [0.15, 0.2) is 171 Å². The summed E-state index contributed by atoms with van der Waals surface area (Å²) in [5, 5.41) is 213. The number of phenolic OH excluding ortho intramolecular Hbond substituents is 5. The van der Waals surface area contributed by atoms with Crippen LogP contribution >= 0.6 is 0 Å². The Morgan fingerprint density at radius 2 is 0.500 bits per heavy atom. The van der Waals surface area contributed by atoms with Crippen molar-refractivity contribution in [1.29, 1.82) is 0 Å². The van der Waals surface area contributed by atoms with Crippen LogP contribution in [0.4, 0.5) is 0 Å². The first-order valence-corrected chi connectivity index (χ1v) is 41.7. The minimum absolute atomic E-state index is 0.00742. The Kier molecular flexibility index (Phi) is 35.8. The highest BCUT2D eigenvalue weighted by Crippen LogP contribution is 2.45. The van der Waals surface area contributed by atoms with Crippen LogP contribution in [-0.2, 0) is 118 Å². The normalized spacial score (nSPS) is 15.1. The van der Waals surface area contributed by atoms with Crippen molar-refractivity contribution in [3.05, 3.63) is 274 Å². The molecule has 134 heavy (non-hydrogen) atoms. The van der Waals surface area contributed by atoms with E-state index in [1.165, 1.54) is 55.8 Å². The topological polar surface area (TPSA) is 582 Å². The van der Waals surface area contributed by atoms with Gasteiger partial charge in [-0.15, -0.1) is 0 Å². The van der Waals surface area contributed by atoms with Crippen molar-refractivity contribution in [2.45, 2.75) is 149 Å². The molecule has 4 aliphatic rings. The van der Waals surface area contributed by atoms with Gasteiger partial charge in [-0.1, -0.05) is 31.8 Å². The Morgan fingerprint density at radius 1 is 0.246 bits per heavy atom. The fraction of sp³-hybridized carbons (Fsp3) is 0.309. The SMILES string of the molecule is COc1cc(C2=NOC(c3cc(CO)c(CO)c(CO)c3)C2)cc(OC)c1O.COc1cc(C2CC(c3cc(CO)c(CO)c(CO)c3)=NO2)cc(OC)c1O.COc1ccc(-c2cc(-c3cc(CO)c(CO)c(CO)c3)on2)cc1O.COc1ccc(C2=NOC(c3cc(CO)c(CO)c(CO)c3)C2)cc1O.COc1ccc(C2CC(c3cc(CO)c(CO)c(CO)c3)=NO2)cc1O. The quantitative estimate of drug-likeness (QED) is 0.0187. The molecule has 0 fully saturated rings. The van der Waals surface area contributed by atoms with E-state index < -0.39 is 12.2 Å². The Bertz CT molecular complexity index is 5880. The number of aromatic hydroxyl groups is 5. The van der Waals surface area contributed by atoms with Crippen LogP contribution in [0.25, 0.3) is 22.6 Å². The van der Waals surface area contributed by atoms with E-state index in [4.69, 9.17) is 57.0 Å². The van der Waals surface area contributed by atoms with Crippen LogP contribution in [0.1, 0.15) is 178 Å². The van der Waals surface area contributed by atoms with E-state index in [1.807, 2.05) is 0 Å². The monoisotopic (exact) mass is 1850 g/mol. The first kappa shape index (κ1) is 101. The second kappa shape index (κ2) is 47.6. The molecule has 0 aliphatic carbocycles. The molecule has 37 nitrogen and oxygen atoms in total. The Labute approximate surface area is 768 Å². The van der Waals surface area contributed by atoms with Crippen LogP contribution < -0.4 is 33.2 Å². The van der Waals surface area contributed by atoms with Gasteiger partial charge >= 0.3 is 0 Å². The van der Waals surface area contributed by atoms with E-state index in [1.54, 1.807) is 140 Å². The number of nitrogens with zero attached hydrogens (tertiary/aromatic N) is 5. The zero-order chi connectivity index (χ0) is 96.6. The molecule has 0 radical (unpaired) electrons. The van der Waals surface area contributed by atoms with Gasteiger partial charge in [0.05, 0.1) is 172 Å². The number of aromatic nitrogens is 1. The lowest BCUT2D eigenvalue weighted by molar-refractivity contribution is 0.0852. The Balaban J connectivity index is 0.000000161. The summed E-state index contributed by atoms with van der Waals surface area (Å²) in [6.07, 6.45) is 0.263. The van der Waals surface area contributed by atoms with Gasteiger partial charge in [-0.2, -0.15) is 0 Å². The average molecular weight is 1850 g/mol. The van der Waals surface area contributed by atoms with Gasteiger partial charge in [-0.3, -0.25) is 0 Å². The number of aliphatic hydroxyl groups excluding tert-OH is 15. The summed E-state index contributed by atoms with van der Waals surface area (Å²) in [5.74, 6) is 2.47. The highest BCUT2D eigenvalue weighted by molar-refractivity contribution is 6.04.